The van der Waals surface area contributed by atoms with Gasteiger partial charge in [-0.15, -0.1) is 11.3 Å². The Labute approximate surface area is 168 Å². The van der Waals surface area contributed by atoms with Gasteiger partial charge in [-0.25, -0.2) is 0 Å². The molecule has 2 aromatic rings. The fourth-order valence-corrected chi connectivity index (χ4v) is 5.80. The zero-order valence-corrected chi connectivity index (χ0v) is 16.8. The number of carbonyl (C=O) groups is 1. The van der Waals surface area contributed by atoms with Crippen LogP contribution in [-0.4, -0.2) is 39.5 Å². The normalized spacial score (nSPS) is 24.9. The number of hydrogen-bond donors (Lipinski definition) is 1. The van der Waals surface area contributed by atoms with Crippen LogP contribution < -0.4 is 10.9 Å². The Kier molecular flexibility index (Phi) is 4.80. The monoisotopic (exact) mass is 398 g/mol. The van der Waals surface area contributed by atoms with Gasteiger partial charge in [0.2, 0.25) is 0 Å². The Morgan fingerprint density at radius 1 is 1.21 bits per heavy atom. The maximum Gasteiger partial charge on any atom is 0.285 e. The van der Waals surface area contributed by atoms with E-state index in [0.717, 1.165) is 57.7 Å². The SMILES string of the molecule is O=C(NC1CCCCC1)c1cn2c(nc1=O)C1CN(Cc3cccs3)CC1C2. The van der Waals surface area contributed by atoms with E-state index in [0.29, 0.717) is 11.8 Å². The van der Waals surface area contributed by atoms with Crippen LogP contribution >= 0.6 is 11.3 Å². The molecule has 148 valence electrons. The first-order valence-electron chi connectivity index (χ1n) is 10.3. The standard InChI is InChI=1S/C21H26N4O2S/c26-20(22-15-5-2-1-3-6-15)18-13-25-10-14-9-24(11-16-7-4-8-28-16)12-17(14)19(25)23-21(18)27/h4,7-8,13-15,17H,1-3,5-6,9-12H2,(H,22,26). The summed E-state index contributed by atoms with van der Waals surface area (Å²) in [5.41, 5.74) is -0.179. The molecule has 0 spiro atoms. The summed E-state index contributed by atoms with van der Waals surface area (Å²) in [6, 6.07) is 4.46. The van der Waals surface area contributed by atoms with Gasteiger partial charge < -0.3 is 9.88 Å². The second kappa shape index (κ2) is 7.44. The number of rotatable bonds is 4. The lowest BCUT2D eigenvalue weighted by atomic mass is 9.95. The lowest BCUT2D eigenvalue weighted by Crippen LogP contribution is -2.39. The Balaban J connectivity index is 1.30. The number of hydrogen-bond acceptors (Lipinski definition) is 5. The molecule has 2 unspecified atom stereocenters. The lowest BCUT2D eigenvalue weighted by Gasteiger charge is -2.22. The second-order valence-electron chi connectivity index (χ2n) is 8.42. The first-order chi connectivity index (χ1) is 13.7. The van der Waals surface area contributed by atoms with E-state index in [9.17, 15) is 9.59 Å². The number of likely N-dealkylation sites (tertiary alicyclic amines) is 1. The van der Waals surface area contributed by atoms with Crippen molar-refractivity contribution in [2.75, 3.05) is 13.1 Å². The van der Waals surface area contributed by atoms with Crippen molar-refractivity contribution in [1.82, 2.24) is 19.8 Å². The molecule has 2 aromatic heterocycles. The van der Waals surface area contributed by atoms with Crippen molar-refractivity contribution < 1.29 is 4.79 Å². The van der Waals surface area contributed by atoms with Crippen molar-refractivity contribution in [3.05, 3.63) is 50.3 Å². The predicted octanol–water partition coefficient (Wildman–Crippen LogP) is 2.60. The van der Waals surface area contributed by atoms with Crippen LogP contribution in [0.1, 0.15) is 59.1 Å². The van der Waals surface area contributed by atoms with Crippen LogP contribution in [0.15, 0.2) is 28.5 Å². The van der Waals surface area contributed by atoms with Gasteiger partial charge in [0, 0.05) is 55.1 Å². The highest BCUT2D eigenvalue weighted by atomic mass is 32.1. The molecular formula is C21H26N4O2S. The number of thiophene rings is 1. The molecular weight excluding hydrogens is 372 g/mol. The molecule has 3 aliphatic rings. The average molecular weight is 399 g/mol. The van der Waals surface area contributed by atoms with Crippen LogP contribution in [0.3, 0.4) is 0 Å². The molecule has 4 heterocycles. The summed E-state index contributed by atoms with van der Waals surface area (Å²) in [5.74, 6) is 1.38. The summed E-state index contributed by atoms with van der Waals surface area (Å²) in [4.78, 5) is 33.4. The van der Waals surface area contributed by atoms with Crippen LogP contribution in [0, 0.1) is 5.92 Å². The number of aromatic nitrogens is 2. The molecule has 2 aliphatic heterocycles. The molecule has 0 aromatic carbocycles. The summed E-state index contributed by atoms with van der Waals surface area (Å²) >= 11 is 1.79. The van der Waals surface area contributed by atoms with Crippen LogP contribution in [-0.2, 0) is 13.1 Å². The van der Waals surface area contributed by atoms with Gasteiger partial charge >= 0.3 is 0 Å². The van der Waals surface area contributed by atoms with Crippen molar-refractivity contribution in [3.8, 4) is 0 Å². The van der Waals surface area contributed by atoms with Gasteiger partial charge in [-0.05, 0) is 24.3 Å². The number of amides is 1. The Morgan fingerprint density at radius 3 is 2.86 bits per heavy atom. The molecule has 6 nitrogen and oxygen atoms in total. The maximum absolute atomic E-state index is 12.6. The average Bonchev–Trinajstić information content (AvgIpc) is 3.39. The van der Waals surface area contributed by atoms with Gasteiger partial charge in [-0.3, -0.25) is 14.5 Å². The minimum Gasteiger partial charge on any atom is -0.349 e. The van der Waals surface area contributed by atoms with Gasteiger partial charge in [0.15, 0.2) is 0 Å². The van der Waals surface area contributed by atoms with E-state index in [-0.39, 0.29) is 23.1 Å². The molecule has 1 saturated heterocycles. The quantitative estimate of drug-likeness (QED) is 0.860. The maximum atomic E-state index is 12.6. The molecule has 0 bridgehead atoms. The highest BCUT2D eigenvalue weighted by Crippen LogP contribution is 2.38. The topological polar surface area (TPSA) is 67.2 Å². The molecule has 2 atom stereocenters. The first-order valence-corrected chi connectivity index (χ1v) is 11.2. The Hall–Kier alpha value is -1.99. The van der Waals surface area contributed by atoms with Crippen molar-refractivity contribution in [1.29, 1.82) is 0 Å². The molecule has 1 amide bonds. The summed E-state index contributed by atoms with van der Waals surface area (Å²) in [6.45, 7) is 3.76. The van der Waals surface area contributed by atoms with Crippen molar-refractivity contribution in [2.24, 2.45) is 5.92 Å². The van der Waals surface area contributed by atoms with Gasteiger partial charge in [0.05, 0.1) is 0 Å². The Bertz CT molecular complexity index is 917. The lowest BCUT2D eigenvalue weighted by molar-refractivity contribution is 0.0925. The van der Waals surface area contributed by atoms with Crippen molar-refractivity contribution >= 4 is 17.2 Å². The molecule has 1 aliphatic carbocycles. The van der Waals surface area contributed by atoms with Crippen molar-refractivity contribution in [3.63, 3.8) is 0 Å². The van der Waals surface area contributed by atoms with Gasteiger partial charge in [0.1, 0.15) is 11.4 Å². The van der Waals surface area contributed by atoms with E-state index in [2.05, 4.69) is 37.3 Å². The van der Waals surface area contributed by atoms with Gasteiger partial charge in [0.25, 0.3) is 11.5 Å². The minimum atomic E-state index is -0.378. The second-order valence-corrected chi connectivity index (χ2v) is 9.45. The highest BCUT2D eigenvalue weighted by molar-refractivity contribution is 7.09. The fraction of sp³-hybridized carbons (Fsp3) is 0.571. The molecule has 2 fully saturated rings. The third-order valence-corrected chi connectivity index (χ3v) is 7.31. The van der Waals surface area contributed by atoms with Crippen molar-refractivity contribution in [2.45, 2.75) is 57.2 Å². The summed E-state index contributed by atoms with van der Waals surface area (Å²) in [5, 5.41) is 5.16. The molecule has 0 radical (unpaired) electrons. The minimum absolute atomic E-state index is 0.198. The van der Waals surface area contributed by atoms with E-state index < -0.39 is 0 Å². The largest absolute Gasteiger partial charge is 0.349 e. The summed E-state index contributed by atoms with van der Waals surface area (Å²) in [7, 11) is 0. The van der Waals surface area contributed by atoms with Crippen LogP contribution in [0.25, 0.3) is 0 Å². The summed E-state index contributed by atoms with van der Waals surface area (Å²) < 4.78 is 2.05. The van der Waals surface area contributed by atoms with E-state index in [1.54, 1.807) is 17.5 Å². The van der Waals surface area contributed by atoms with Gasteiger partial charge in [-0.1, -0.05) is 25.3 Å². The van der Waals surface area contributed by atoms with Crippen LogP contribution in [0.2, 0.25) is 0 Å². The fourth-order valence-electron chi connectivity index (χ4n) is 5.06. The zero-order chi connectivity index (χ0) is 19.1. The zero-order valence-electron chi connectivity index (χ0n) is 16.0. The highest BCUT2D eigenvalue weighted by Gasteiger charge is 2.41. The third kappa shape index (κ3) is 3.42. The predicted molar refractivity (Wildman–Crippen MR) is 109 cm³/mol. The molecule has 5 rings (SSSR count). The number of fused-ring (bicyclic) bond motifs is 3. The molecule has 28 heavy (non-hydrogen) atoms. The number of nitrogens with one attached hydrogen (secondary N) is 1. The van der Waals surface area contributed by atoms with E-state index in [1.807, 2.05) is 0 Å². The molecule has 1 N–H and O–H groups in total. The van der Waals surface area contributed by atoms with E-state index in [1.165, 1.54) is 11.3 Å². The van der Waals surface area contributed by atoms with E-state index in [4.69, 9.17) is 0 Å². The third-order valence-electron chi connectivity index (χ3n) is 6.45. The Morgan fingerprint density at radius 2 is 2.07 bits per heavy atom. The van der Waals surface area contributed by atoms with E-state index >= 15 is 0 Å². The van der Waals surface area contributed by atoms with Crippen LogP contribution in [0.4, 0.5) is 0 Å². The summed E-state index contributed by atoms with van der Waals surface area (Å²) in [6.07, 6.45) is 7.31. The number of nitrogens with zero attached hydrogens (tertiary/aromatic N) is 3. The smallest absolute Gasteiger partial charge is 0.285 e. The molecule has 7 heteroatoms. The molecule has 1 saturated carbocycles. The van der Waals surface area contributed by atoms with Crippen LogP contribution in [0.5, 0.6) is 0 Å². The first kappa shape index (κ1) is 18.1. The van der Waals surface area contributed by atoms with Gasteiger partial charge in [-0.2, -0.15) is 4.98 Å². The number of carbonyl (C=O) groups excluding carboxylic acids is 1.